The lowest BCUT2D eigenvalue weighted by Gasteiger charge is -2.02. The Bertz CT molecular complexity index is 204. The van der Waals surface area contributed by atoms with Crippen molar-refractivity contribution >= 4 is 5.97 Å². The topological polar surface area (TPSA) is 57.2 Å². The molecule has 0 bridgehead atoms. The van der Waals surface area contributed by atoms with E-state index in [1.54, 1.807) is 0 Å². The van der Waals surface area contributed by atoms with Crippen molar-refractivity contribution < 1.29 is 15.0 Å². The first-order chi connectivity index (χ1) is 9.77. The van der Waals surface area contributed by atoms with E-state index in [0.717, 1.165) is 25.7 Å². The van der Waals surface area contributed by atoms with E-state index in [9.17, 15) is 9.90 Å². The van der Waals surface area contributed by atoms with Gasteiger partial charge in [-0.1, -0.05) is 77.0 Å². The van der Waals surface area contributed by atoms with Crippen LogP contribution in [0.4, 0.5) is 0 Å². The van der Waals surface area contributed by atoms with Crippen LogP contribution in [0.15, 0.2) is 0 Å². The summed E-state index contributed by atoms with van der Waals surface area (Å²) in [6.07, 6.45) is 17.2. The molecule has 0 saturated carbocycles. The SMILES string of the molecule is [O]CCCCCCCCCCCCCCCCC(=O)O. The van der Waals surface area contributed by atoms with Crippen molar-refractivity contribution in [2.24, 2.45) is 0 Å². The standard InChI is InChI=1S/C17H33O3/c18-16-14-12-10-8-6-4-2-1-3-5-7-9-11-13-15-17(19)20/h1-16H2,(H,19,20). The second-order valence-electron chi connectivity index (χ2n) is 5.80. The van der Waals surface area contributed by atoms with Crippen LogP contribution in [0.3, 0.4) is 0 Å². The zero-order chi connectivity index (χ0) is 14.9. The fourth-order valence-corrected chi connectivity index (χ4v) is 2.50. The molecule has 0 aromatic heterocycles. The van der Waals surface area contributed by atoms with E-state index in [4.69, 9.17) is 5.11 Å². The number of rotatable bonds is 16. The molecule has 20 heavy (non-hydrogen) atoms. The number of unbranched alkanes of at least 4 members (excludes halogenated alkanes) is 13. The Morgan fingerprint density at radius 1 is 0.550 bits per heavy atom. The van der Waals surface area contributed by atoms with Gasteiger partial charge in [-0.2, -0.15) is 0 Å². The first-order valence-electron chi connectivity index (χ1n) is 8.57. The summed E-state index contributed by atoms with van der Waals surface area (Å²) in [4.78, 5) is 10.3. The van der Waals surface area contributed by atoms with Crippen molar-refractivity contribution in [2.45, 2.75) is 96.3 Å². The predicted octanol–water partition coefficient (Wildman–Crippen LogP) is 5.35. The number of carboxylic acid groups (broad SMARTS) is 1. The maximum atomic E-state index is 10.3. The third-order valence-corrected chi connectivity index (χ3v) is 3.78. The van der Waals surface area contributed by atoms with Crippen molar-refractivity contribution in [3.05, 3.63) is 0 Å². The Labute approximate surface area is 124 Å². The maximum Gasteiger partial charge on any atom is 0.303 e. The van der Waals surface area contributed by atoms with Crippen molar-refractivity contribution in [1.82, 2.24) is 0 Å². The minimum atomic E-state index is -0.668. The highest BCUT2D eigenvalue weighted by Crippen LogP contribution is 2.13. The van der Waals surface area contributed by atoms with Gasteiger partial charge in [-0.25, -0.2) is 5.11 Å². The molecule has 0 aliphatic heterocycles. The molecule has 1 radical (unpaired) electrons. The predicted molar refractivity (Wildman–Crippen MR) is 82.4 cm³/mol. The highest BCUT2D eigenvalue weighted by molar-refractivity contribution is 5.66. The van der Waals surface area contributed by atoms with Gasteiger partial charge in [0, 0.05) is 6.42 Å². The Morgan fingerprint density at radius 2 is 0.850 bits per heavy atom. The van der Waals surface area contributed by atoms with Gasteiger partial charge in [0.1, 0.15) is 0 Å². The Balaban J connectivity index is 2.94. The lowest BCUT2D eigenvalue weighted by Crippen LogP contribution is -1.93. The summed E-state index contributed by atoms with van der Waals surface area (Å²) in [5.74, 6) is -0.668. The fourth-order valence-electron chi connectivity index (χ4n) is 2.50. The van der Waals surface area contributed by atoms with E-state index >= 15 is 0 Å². The van der Waals surface area contributed by atoms with Crippen LogP contribution >= 0.6 is 0 Å². The summed E-state index contributed by atoms with van der Waals surface area (Å²) in [5, 5.41) is 18.8. The van der Waals surface area contributed by atoms with E-state index in [1.807, 2.05) is 0 Å². The average Bonchev–Trinajstić information content (AvgIpc) is 2.43. The molecule has 1 N–H and O–H groups in total. The maximum absolute atomic E-state index is 10.3. The number of hydrogen-bond acceptors (Lipinski definition) is 1. The number of carbonyl (C=O) groups is 1. The second kappa shape index (κ2) is 16.5. The van der Waals surface area contributed by atoms with Crippen LogP contribution in [-0.4, -0.2) is 17.7 Å². The third-order valence-electron chi connectivity index (χ3n) is 3.78. The minimum absolute atomic E-state index is 0.0936. The molecule has 119 valence electrons. The van der Waals surface area contributed by atoms with Crippen LogP contribution < -0.4 is 0 Å². The summed E-state index contributed by atoms with van der Waals surface area (Å²) in [6, 6.07) is 0. The van der Waals surface area contributed by atoms with Gasteiger partial charge in [0.15, 0.2) is 0 Å². The van der Waals surface area contributed by atoms with E-state index in [2.05, 4.69) is 0 Å². The lowest BCUT2D eigenvalue weighted by molar-refractivity contribution is -0.137. The smallest absolute Gasteiger partial charge is 0.303 e. The number of carboxylic acids is 1. The molecule has 0 saturated heterocycles. The molecule has 0 unspecified atom stereocenters. The molecular formula is C17H33O3. The molecule has 0 fully saturated rings. The molecule has 0 atom stereocenters. The highest BCUT2D eigenvalue weighted by atomic mass is 16.4. The minimum Gasteiger partial charge on any atom is -0.481 e. The van der Waals surface area contributed by atoms with Crippen LogP contribution in [0.2, 0.25) is 0 Å². The molecule has 0 aromatic carbocycles. The van der Waals surface area contributed by atoms with E-state index < -0.39 is 5.97 Å². The van der Waals surface area contributed by atoms with Gasteiger partial charge in [0.25, 0.3) is 0 Å². The zero-order valence-corrected chi connectivity index (χ0v) is 13.1. The molecule has 0 spiro atoms. The van der Waals surface area contributed by atoms with Gasteiger partial charge in [0.05, 0.1) is 6.61 Å². The Kier molecular flexibility index (Phi) is 16.0. The van der Waals surface area contributed by atoms with Gasteiger partial charge in [-0.15, -0.1) is 0 Å². The van der Waals surface area contributed by atoms with Gasteiger partial charge in [-0.3, -0.25) is 4.79 Å². The average molecular weight is 285 g/mol. The van der Waals surface area contributed by atoms with Crippen LogP contribution in [-0.2, 0) is 9.90 Å². The molecule has 0 aliphatic rings. The molecule has 0 amide bonds. The first-order valence-corrected chi connectivity index (χ1v) is 8.57. The molecule has 0 rings (SSSR count). The summed E-state index contributed by atoms with van der Waals surface area (Å²) < 4.78 is 0. The summed E-state index contributed by atoms with van der Waals surface area (Å²) >= 11 is 0. The molecule has 3 nitrogen and oxygen atoms in total. The van der Waals surface area contributed by atoms with Crippen LogP contribution in [0, 0.1) is 0 Å². The molecule has 3 heteroatoms. The molecular weight excluding hydrogens is 252 g/mol. The van der Waals surface area contributed by atoms with Gasteiger partial charge >= 0.3 is 5.97 Å². The molecule has 0 heterocycles. The second-order valence-corrected chi connectivity index (χ2v) is 5.80. The summed E-state index contributed by atoms with van der Waals surface area (Å²) in [5.41, 5.74) is 0. The van der Waals surface area contributed by atoms with Crippen LogP contribution in [0.1, 0.15) is 96.3 Å². The summed E-state index contributed by atoms with van der Waals surface area (Å²) in [6.45, 7) is 0.0936. The largest absolute Gasteiger partial charge is 0.481 e. The van der Waals surface area contributed by atoms with Crippen molar-refractivity contribution in [3.63, 3.8) is 0 Å². The zero-order valence-electron chi connectivity index (χ0n) is 13.1. The van der Waals surface area contributed by atoms with Crippen LogP contribution in [0.25, 0.3) is 0 Å². The van der Waals surface area contributed by atoms with Crippen molar-refractivity contribution in [1.29, 1.82) is 0 Å². The van der Waals surface area contributed by atoms with Gasteiger partial charge < -0.3 is 5.11 Å². The first kappa shape index (κ1) is 19.4. The van der Waals surface area contributed by atoms with Gasteiger partial charge in [0.2, 0.25) is 0 Å². The van der Waals surface area contributed by atoms with Gasteiger partial charge in [-0.05, 0) is 12.8 Å². The number of hydrogen-bond donors (Lipinski definition) is 1. The monoisotopic (exact) mass is 285 g/mol. The normalized spacial score (nSPS) is 10.8. The fraction of sp³-hybridized carbons (Fsp3) is 0.941. The van der Waals surface area contributed by atoms with E-state index in [0.29, 0.717) is 6.42 Å². The highest BCUT2D eigenvalue weighted by Gasteiger charge is 1.97. The summed E-state index contributed by atoms with van der Waals surface area (Å²) in [7, 11) is 0. The van der Waals surface area contributed by atoms with Crippen molar-refractivity contribution in [3.8, 4) is 0 Å². The van der Waals surface area contributed by atoms with Crippen LogP contribution in [0.5, 0.6) is 0 Å². The third kappa shape index (κ3) is 17.4. The molecule has 0 aliphatic carbocycles. The van der Waals surface area contributed by atoms with E-state index in [1.165, 1.54) is 64.2 Å². The Hall–Kier alpha value is -0.570. The van der Waals surface area contributed by atoms with E-state index in [-0.39, 0.29) is 6.61 Å². The quantitative estimate of drug-likeness (QED) is 0.388. The van der Waals surface area contributed by atoms with Crippen molar-refractivity contribution in [2.75, 3.05) is 6.61 Å². The molecule has 0 aromatic rings. The number of aliphatic carboxylic acids is 1. The lowest BCUT2D eigenvalue weighted by atomic mass is 10.0. The Morgan fingerprint density at radius 3 is 1.15 bits per heavy atom.